The summed E-state index contributed by atoms with van der Waals surface area (Å²) in [6, 6.07) is 65.6. The number of carbonyl (C=O) groups is 3. The molecule has 0 bridgehead atoms. The minimum Gasteiger partial charge on any atom is -0.349 e. The smallest absolute Gasteiger partial charge is 0.349 e. The SMILES string of the molecule is COC(F)(F)F.COC(F)(F)F.Cc1ccccc1C(=O)NC1CCN(Cc2ccccc2)CC1.O=C(NC1CCN(Cc2ccccc2)CC1)c1ccccc1-c1ccccc1.O=C(NC1CCNCC1)c1ccccc1-c1ccccc1. The Morgan fingerprint density at radius 1 is 0.429 bits per heavy atom. The van der Waals surface area contributed by atoms with Crippen LogP contribution in [0.15, 0.2) is 194 Å². The second-order valence-electron chi connectivity index (χ2n) is 20.5. The molecule has 84 heavy (non-hydrogen) atoms. The number of hydrogen-bond acceptors (Lipinski definition) is 8. The molecule has 0 spiro atoms. The Morgan fingerprint density at radius 2 is 0.714 bits per heavy atom. The Balaban J connectivity index is 0.000000185. The van der Waals surface area contributed by atoms with Gasteiger partial charge in [-0.25, -0.2) is 0 Å². The fourth-order valence-electron chi connectivity index (χ4n) is 9.84. The van der Waals surface area contributed by atoms with Gasteiger partial charge >= 0.3 is 12.7 Å². The van der Waals surface area contributed by atoms with Crippen molar-refractivity contribution in [3.8, 4) is 22.3 Å². The number of nitrogens with one attached hydrogen (secondary N) is 4. The van der Waals surface area contributed by atoms with Gasteiger partial charge in [0.2, 0.25) is 0 Å². The van der Waals surface area contributed by atoms with Gasteiger partial charge in [0.25, 0.3) is 17.7 Å². The number of ether oxygens (including phenoxy) is 2. The second kappa shape index (κ2) is 34.2. The van der Waals surface area contributed by atoms with E-state index in [-0.39, 0.29) is 35.8 Å². The van der Waals surface area contributed by atoms with Crippen molar-refractivity contribution in [1.29, 1.82) is 0 Å². The van der Waals surface area contributed by atoms with Crippen LogP contribution in [0.4, 0.5) is 26.3 Å². The number of benzene rings is 7. The number of likely N-dealkylation sites (tertiary alicyclic amines) is 2. The van der Waals surface area contributed by atoms with Gasteiger partial charge in [-0.1, -0.05) is 176 Å². The highest BCUT2D eigenvalue weighted by atomic mass is 19.4. The lowest BCUT2D eigenvalue weighted by molar-refractivity contribution is -0.312. The lowest BCUT2D eigenvalue weighted by Gasteiger charge is -2.32. The summed E-state index contributed by atoms with van der Waals surface area (Å²) in [5, 5.41) is 12.9. The average molecular weight is 1160 g/mol. The van der Waals surface area contributed by atoms with Crippen LogP contribution < -0.4 is 21.3 Å². The Hall–Kier alpha value is -7.67. The van der Waals surface area contributed by atoms with E-state index in [1.54, 1.807) is 0 Å². The van der Waals surface area contributed by atoms with Crippen molar-refractivity contribution in [3.05, 3.63) is 228 Å². The second-order valence-corrected chi connectivity index (χ2v) is 20.5. The third kappa shape index (κ3) is 23.2. The summed E-state index contributed by atoms with van der Waals surface area (Å²) in [7, 11) is 1.17. The highest BCUT2D eigenvalue weighted by molar-refractivity contribution is 6.02. The topological polar surface area (TPSA) is 124 Å². The van der Waals surface area contributed by atoms with Gasteiger partial charge in [-0.3, -0.25) is 33.7 Å². The number of methoxy groups -OCH3 is 2. The minimum absolute atomic E-state index is 0.0287. The molecule has 0 atom stereocenters. The molecule has 3 amide bonds. The summed E-state index contributed by atoms with van der Waals surface area (Å²) in [4.78, 5) is 42.8. The lowest BCUT2D eigenvalue weighted by atomic mass is 9.98. The zero-order valence-corrected chi connectivity index (χ0v) is 47.8. The first-order valence-electron chi connectivity index (χ1n) is 28.2. The molecule has 0 aromatic heterocycles. The molecule has 3 heterocycles. The molecule has 0 saturated carbocycles. The molecule has 0 radical (unpaired) electrons. The molecule has 17 heteroatoms. The fourth-order valence-corrected chi connectivity index (χ4v) is 9.84. The van der Waals surface area contributed by atoms with Gasteiger partial charge < -0.3 is 21.3 Å². The standard InChI is InChI=1S/C25H26N2O.C20H24N2O.C18H20N2O.2C2H3F3O/c28-25(24-14-8-7-13-23(24)21-11-5-2-6-12-21)26-22-15-17-27(18-16-22)19-20-9-3-1-4-10-20;1-16-7-5-6-10-19(16)20(23)21-18-11-13-22(14-12-18)15-17-8-3-2-4-9-17;21-18(20-15-10-12-19-13-11-15)17-9-5-4-8-16(17)14-6-2-1-3-7-14;2*1-6-2(3,4)5/h1-14,22H,15-19H2,(H,26,28);2-10,18H,11-15H2,1H3,(H,21,23);1-9,15,19H,10-13H2,(H,20,21);2*1H3. The molecule has 3 saturated heterocycles. The molecule has 11 nitrogen and oxygen atoms in total. The highest BCUT2D eigenvalue weighted by Crippen LogP contribution is 2.26. The predicted octanol–water partition coefficient (Wildman–Crippen LogP) is 13.3. The van der Waals surface area contributed by atoms with Gasteiger partial charge in [0, 0.05) is 88.3 Å². The van der Waals surface area contributed by atoms with Crippen LogP contribution in [0.5, 0.6) is 0 Å². The van der Waals surface area contributed by atoms with E-state index in [4.69, 9.17) is 0 Å². The summed E-state index contributed by atoms with van der Waals surface area (Å²) in [6.07, 6.45) is -2.90. The number of alkyl halides is 6. The van der Waals surface area contributed by atoms with Crippen molar-refractivity contribution in [2.45, 2.75) is 89.4 Å². The number of hydrogen-bond donors (Lipinski definition) is 4. The summed E-state index contributed by atoms with van der Waals surface area (Å²) < 4.78 is 69.2. The Kier molecular flexibility index (Phi) is 26.7. The zero-order chi connectivity index (χ0) is 60.2. The first kappa shape index (κ1) is 65.5. The number of rotatable bonds is 12. The number of nitrogens with zero attached hydrogens (tertiary/aromatic N) is 2. The van der Waals surface area contributed by atoms with Crippen LogP contribution >= 0.6 is 0 Å². The summed E-state index contributed by atoms with van der Waals surface area (Å²) in [6.45, 7) is 10.0. The number of amides is 3. The average Bonchev–Trinajstić information content (AvgIpc) is 3.72. The Bertz CT molecular complexity index is 3010. The molecule has 7 aromatic carbocycles. The van der Waals surface area contributed by atoms with Crippen molar-refractivity contribution in [2.24, 2.45) is 0 Å². The van der Waals surface area contributed by atoms with Crippen LogP contribution in [-0.2, 0) is 22.6 Å². The molecule has 4 N–H and O–H groups in total. The number of aryl methyl sites for hydroxylation is 1. The van der Waals surface area contributed by atoms with Gasteiger partial charge in [0.1, 0.15) is 0 Å². The largest absolute Gasteiger partial charge is 0.522 e. The quantitative estimate of drug-likeness (QED) is 0.0892. The summed E-state index contributed by atoms with van der Waals surface area (Å²) >= 11 is 0. The highest BCUT2D eigenvalue weighted by Gasteiger charge is 2.27. The van der Waals surface area contributed by atoms with Crippen molar-refractivity contribution >= 4 is 17.7 Å². The van der Waals surface area contributed by atoms with Crippen LogP contribution in [0.3, 0.4) is 0 Å². The minimum atomic E-state index is -4.46. The van der Waals surface area contributed by atoms with E-state index in [1.165, 1.54) is 11.1 Å². The molecular formula is C67H76F6N6O5. The van der Waals surface area contributed by atoms with E-state index in [2.05, 4.69) is 101 Å². The van der Waals surface area contributed by atoms with Gasteiger partial charge in [0.15, 0.2) is 0 Å². The van der Waals surface area contributed by atoms with Gasteiger partial charge in [-0.15, -0.1) is 26.3 Å². The molecule has 0 unspecified atom stereocenters. The molecule has 3 fully saturated rings. The maximum absolute atomic E-state index is 13.0. The van der Waals surface area contributed by atoms with Gasteiger partial charge in [-0.2, -0.15) is 0 Å². The van der Waals surface area contributed by atoms with Crippen LogP contribution in [0.1, 0.15) is 86.3 Å². The molecule has 3 aliphatic rings. The predicted molar refractivity (Wildman–Crippen MR) is 319 cm³/mol. The van der Waals surface area contributed by atoms with Crippen molar-refractivity contribution in [3.63, 3.8) is 0 Å². The third-order valence-electron chi connectivity index (χ3n) is 14.4. The zero-order valence-electron chi connectivity index (χ0n) is 47.8. The molecule has 446 valence electrons. The number of piperidine rings is 3. The van der Waals surface area contributed by atoms with E-state index in [1.807, 2.05) is 140 Å². The van der Waals surface area contributed by atoms with Crippen LogP contribution in [0, 0.1) is 6.92 Å². The lowest BCUT2D eigenvalue weighted by Crippen LogP contribution is -2.44. The van der Waals surface area contributed by atoms with Gasteiger partial charge in [-0.05, 0) is 116 Å². The monoisotopic (exact) mass is 1160 g/mol. The van der Waals surface area contributed by atoms with E-state index in [0.29, 0.717) is 14.2 Å². The van der Waals surface area contributed by atoms with Crippen LogP contribution in [0.2, 0.25) is 0 Å². The first-order chi connectivity index (χ1) is 40.5. The molecular weight excluding hydrogens is 1080 g/mol. The molecule has 7 aromatic rings. The van der Waals surface area contributed by atoms with Gasteiger partial charge in [0.05, 0.1) is 0 Å². The molecule has 3 aliphatic heterocycles. The number of halogens is 6. The number of carbonyl (C=O) groups excluding carboxylic acids is 3. The van der Waals surface area contributed by atoms with E-state index in [0.717, 1.165) is 135 Å². The maximum Gasteiger partial charge on any atom is 0.522 e. The summed E-state index contributed by atoms with van der Waals surface area (Å²) in [5.74, 6) is 0.118. The van der Waals surface area contributed by atoms with E-state index < -0.39 is 12.7 Å². The Labute approximate surface area is 489 Å². The van der Waals surface area contributed by atoms with Crippen molar-refractivity contribution in [1.82, 2.24) is 31.1 Å². The van der Waals surface area contributed by atoms with Crippen LogP contribution in [-0.4, -0.2) is 112 Å². The van der Waals surface area contributed by atoms with Crippen LogP contribution in [0.25, 0.3) is 22.3 Å². The fraction of sp³-hybridized carbons (Fsp3) is 0.328. The normalized spacial score (nSPS) is 15.2. The van der Waals surface area contributed by atoms with E-state index in [9.17, 15) is 40.7 Å². The first-order valence-corrected chi connectivity index (χ1v) is 28.2. The summed E-state index contributed by atoms with van der Waals surface area (Å²) in [5.41, 5.74) is 10.2. The Morgan fingerprint density at radius 3 is 1.06 bits per heavy atom. The molecule has 0 aliphatic carbocycles. The maximum atomic E-state index is 13.0. The third-order valence-corrected chi connectivity index (χ3v) is 14.4. The van der Waals surface area contributed by atoms with E-state index >= 15 is 0 Å². The van der Waals surface area contributed by atoms with Crippen molar-refractivity contribution < 1.29 is 50.2 Å². The van der Waals surface area contributed by atoms with Crippen molar-refractivity contribution in [2.75, 3.05) is 53.5 Å². The molecule has 10 rings (SSSR count).